The summed E-state index contributed by atoms with van der Waals surface area (Å²) in [6.45, 7) is 5.19. The highest BCUT2D eigenvalue weighted by Crippen LogP contribution is 2.26. The molecule has 0 aromatic heterocycles. The van der Waals surface area contributed by atoms with Gasteiger partial charge in [-0.05, 0) is 53.9 Å². The predicted molar refractivity (Wildman–Crippen MR) is 73.9 cm³/mol. The van der Waals surface area contributed by atoms with Crippen LogP contribution in [0.25, 0.3) is 11.1 Å². The van der Waals surface area contributed by atoms with E-state index in [9.17, 15) is 8.78 Å². The van der Waals surface area contributed by atoms with Crippen molar-refractivity contribution in [1.29, 1.82) is 0 Å². The van der Waals surface area contributed by atoms with Crippen LogP contribution in [0, 0.1) is 18.6 Å². The van der Waals surface area contributed by atoms with Gasteiger partial charge in [-0.3, -0.25) is 0 Å². The second-order valence-corrected chi connectivity index (χ2v) is 4.55. The zero-order chi connectivity index (χ0) is 13.8. The quantitative estimate of drug-likeness (QED) is 0.875. The number of hydrogen-bond donors (Lipinski definition) is 1. The van der Waals surface area contributed by atoms with Gasteiger partial charge in [0.25, 0.3) is 0 Å². The van der Waals surface area contributed by atoms with E-state index >= 15 is 0 Å². The number of rotatable bonds is 4. The maximum Gasteiger partial charge on any atom is 0.126 e. The van der Waals surface area contributed by atoms with Crippen LogP contribution in [0.3, 0.4) is 0 Å². The Kier molecular flexibility index (Phi) is 4.27. The highest BCUT2D eigenvalue weighted by Gasteiger charge is 2.08. The first kappa shape index (κ1) is 13.7. The molecule has 3 heteroatoms. The third-order valence-electron chi connectivity index (χ3n) is 3.12. The topological polar surface area (TPSA) is 12.0 Å². The Morgan fingerprint density at radius 3 is 2.53 bits per heavy atom. The number of nitrogens with one attached hydrogen (secondary N) is 1. The van der Waals surface area contributed by atoms with Crippen LogP contribution in [-0.4, -0.2) is 6.54 Å². The Bertz CT molecular complexity index is 579. The second-order valence-electron chi connectivity index (χ2n) is 4.55. The van der Waals surface area contributed by atoms with Gasteiger partial charge in [0.15, 0.2) is 0 Å². The van der Waals surface area contributed by atoms with E-state index in [1.807, 2.05) is 13.0 Å². The van der Waals surface area contributed by atoms with Gasteiger partial charge in [-0.1, -0.05) is 25.1 Å². The summed E-state index contributed by atoms with van der Waals surface area (Å²) in [6.07, 6.45) is 0. The molecule has 19 heavy (non-hydrogen) atoms. The highest BCUT2D eigenvalue weighted by molar-refractivity contribution is 5.67. The molecule has 100 valence electrons. The second kappa shape index (κ2) is 5.93. The fourth-order valence-electron chi connectivity index (χ4n) is 1.99. The lowest BCUT2D eigenvalue weighted by Crippen LogP contribution is -2.12. The Labute approximate surface area is 112 Å². The first-order valence-corrected chi connectivity index (χ1v) is 6.37. The molecule has 0 spiro atoms. The minimum Gasteiger partial charge on any atom is -0.313 e. The van der Waals surface area contributed by atoms with Crippen LogP contribution in [0.2, 0.25) is 0 Å². The molecule has 0 heterocycles. The van der Waals surface area contributed by atoms with Crippen LogP contribution in [0.4, 0.5) is 8.78 Å². The van der Waals surface area contributed by atoms with Gasteiger partial charge in [0, 0.05) is 6.54 Å². The smallest absolute Gasteiger partial charge is 0.126 e. The van der Waals surface area contributed by atoms with Crippen LogP contribution in [0.15, 0.2) is 36.4 Å². The molecule has 1 nitrogen and oxygen atoms in total. The molecule has 2 aromatic rings. The van der Waals surface area contributed by atoms with Gasteiger partial charge >= 0.3 is 0 Å². The Morgan fingerprint density at radius 1 is 1.05 bits per heavy atom. The van der Waals surface area contributed by atoms with Gasteiger partial charge in [0.1, 0.15) is 11.6 Å². The van der Waals surface area contributed by atoms with Gasteiger partial charge in [-0.25, -0.2) is 8.78 Å². The van der Waals surface area contributed by atoms with Crippen molar-refractivity contribution < 1.29 is 8.78 Å². The van der Waals surface area contributed by atoms with Crippen LogP contribution < -0.4 is 5.32 Å². The number of halogens is 2. The van der Waals surface area contributed by atoms with Crippen molar-refractivity contribution in [1.82, 2.24) is 5.32 Å². The van der Waals surface area contributed by atoms with Crippen LogP contribution >= 0.6 is 0 Å². The molecule has 1 N–H and O–H groups in total. The Morgan fingerprint density at radius 2 is 1.84 bits per heavy atom. The summed E-state index contributed by atoms with van der Waals surface area (Å²) in [6, 6.07) is 9.62. The third kappa shape index (κ3) is 3.18. The Balaban J connectivity index is 2.46. The van der Waals surface area contributed by atoms with E-state index in [1.165, 1.54) is 18.2 Å². The summed E-state index contributed by atoms with van der Waals surface area (Å²) in [7, 11) is 0. The molecule has 0 amide bonds. The first-order valence-electron chi connectivity index (χ1n) is 6.37. The minimum absolute atomic E-state index is 0.267. The predicted octanol–water partition coefficient (Wildman–Crippen LogP) is 4.05. The van der Waals surface area contributed by atoms with E-state index in [0.717, 1.165) is 17.7 Å². The summed E-state index contributed by atoms with van der Waals surface area (Å²) >= 11 is 0. The lowest BCUT2D eigenvalue weighted by Gasteiger charge is -2.11. The maximum absolute atomic E-state index is 13.6. The first-order chi connectivity index (χ1) is 9.11. The van der Waals surface area contributed by atoms with Crippen molar-refractivity contribution >= 4 is 0 Å². The molecular weight excluding hydrogens is 244 g/mol. The standard InChI is InChI=1S/C16H17F2N/c1-3-19-10-13-6-7-14(17)9-15(13)12-5-4-11(2)16(18)8-12/h4-9,19H,3,10H2,1-2H3. The maximum atomic E-state index is 13.6. The Hall–Kier alpha value is -1.74. The van der Waals surface area contributed by atoms with E-state index in [1.54, 1.807) is 19.1 Å². The molecule has 0 bridgehead atoms. The fourth-order valence-corrected chi connectivity index (χ4v) is 1.99. The largest absolute Gasteiger partial charge is 0.313 e. The summed E-state index contributed by atoms with van der Waals surface area (Å²) in [5.41, 5.74) is 3.00. The molecule has 0 aliphatic rings. The van der Waals surface area contributed by atoms with Crippen LogP contribution in [-0.2, 0) is 6.54 Å². The zero-order valence-electron chi connectivity index (χ0n) is 11.1. The van der Waals surface area contributed by atoms with E-state index in [2.05, 4.69) is 5.32 Å². The van der Waals surface area contributed by atoms with Gasteiger partial charge in [0.05, 0.1) is 0 Å². The van der Waals surface area contributed by atoms with E-state index in [-0.39, 0.29) is 11.6 Å². The SMILES string of the molecule is CCNCc1ccc(F)cc1-c1ccc(C)c(F)c1. The van der Waals surface area contributed by atoms with Crippen molar-refractivity contribution in [3.8, 4) is 11.1 Å². The van der Waals surface area contributed by atoms with Crippen molar-refractivity contribution in [2.75, 3.05) is 6.54 Å². The molecular formula is C16H17F2N. The van der Waals surface area contributed by atoms with E-state index in [4.69, 9.17) is 0 Å². The third-order valence-corrected chi connectivity index (χ3v) is 3.12. The van der Waals surface area contributed by atoms with Crippen molar-refractivity contribution in [2.24, 2.45) is 0 Å². The molecule has 0 aliphatic heterocycles. The normalized spacial score (nSPS) is 10.7. The van der Waals surface area contributed by atoms with Gasteiger partial charge in [-0.15, -0.1) is 0 Å². The van der Waals surface area contributed by atoms with Crippen molar-refractivity contribution in [3.05, 3.63) is 59.2 Å². The molecule has 0 fully saturated rings. The average molecular weight is 261 g/mol. The van der Waals surface area contributed by atoms with Gasteiger partial charge < -0.3 is 5.32 Å². The molecule has 0 radical (unpaired) electrons. The summed E-state index contributed by atoms with van der Waals surface area (Å²) in [5, 5.41) is 3.20. The molecule has 0 unspecified atom stereocenters. The van der Waals surface area contributed by atoms with Crippen LogP contribution in [0.5, 0.6) is 0 Å². The van der Waals surface area contributed by atoms with Crippen LogP contribution in [0.1, 0.15) is 18.1 Å². The molecule has 2 rings (SSSR count). The van der Waals surface area contributed by atoms with Crippen molar-refractivity contribution in [3.63, 3.8) is 0 Å². The lowest BCUT2D eigenvalue weighted by atomic mass is 9.98. The summed E-state index contributed by atoms with van der Waals surface area (Å²) in [5.74, 6) is -0.576. The molecule has 0 aliphatic carbocycles. The fraction of sp³-hybridized carbons (Fsp3) is 0.250. The van der Waals surface area contributed by atoms with Gasteiger partial charge in [0.2, 0.25) is 0 Å². The number of benzene rings is 2. The molecule has 0 saturated heterocycles. The molecule has 0 saturated carbocycles. The monoisotopic (exact) mass is 261 g/mol. The van der Waals surface area contributed by atoms with E-state index in [0.29, 0.717) is 17.7 Å². The molecule has 2 aromatic carbocycles. The summed E-state index contributed by atoms with van der Waals surface area (Å²) in [4.78, 5) is 0. The molecule has 0 atom stereocenters. The lowest BCUT2D eigenvalue weighted by molar-refractivity contribution is 0.618. The van der Waals surface area contributed by atoms with E-state index < -0.39 is 0 Å². The average Bonchev–Trinajstić information content (AvgIpc) is 2.40. The highest BCUT2D eigenvalue weighted by atomic mass is 19.1. The number of aryl methyl sites for hydroxylation is 1. The minimum atomic E-state index is -0.309. The number of hydrogen-bond acceptors (Lipinski definition) is 1. The van der Waals surface area contributed by atoms with Gasteiger partial charge in [-0.2, -0.15) is 0 Å². The summed E-state index contributed by atoms with van der Waals surface area (Å²) < 4.78 is 27.1. The zero-order valence-corrected chi connectivity index (χ0v) is 11.1. The van der Waals surface area contributed by atoms with Crippen molar-refractivity contribution in [2.45, 2.75) is 20.4 Å².